The summed E-state index contributed by atoms with van der Waals surface area (Å²) in [7, 11) is -3.52. The van der Waals surface area contributed by atoms with Crippen LogP contribution in [-0.4, -0.2) is 32.7 Å². The molecule has 2 aromatic rings. The van der Waals surface area contributed by atoms with Gasteiger partial charge in [-0.05, 0) is 56.2 Å². The maximum atomic E-state index is 12.4. The fraction of sp³-hybridized carbons (Fsp3) is 0.263. The van der Waals surface area contributed by atoms with E-state index in [-0.39, 0.29) is 15.5 Å². The Morgan fingerprint density at radius 1 is 1.11 bits per heavy atom. The van der Waals surface area contributed by atoms with Crippen molar-refractivity contribution in [2.75, 3.05) is 11.6 Å². The van der Waals surface area contributed by atoms with Gasteiger partial charge in [0.05, 0.1) is 15.5 Å². The average molecular weight is 410 g/mol. The van der Waals surface area contributed by atoms with Crippen molar-refractivity contribution in [2.24, 2.45) is 0 Å². The number of carbonyl (C=O) groups excluding carboxylic acids is 2. The first-order valence-electron chi connectivity index (χ1n) is 8.07. The number of halogens is 1. The van der Waals surface area contributed by atoms with Crippen molar-refractivity contribution in [2.45, 2.75) is 31.8 Å². The molecule has 0 aliphatic carbocycles. The van der Waals surface area contributed by atoms with Crippen molar-refractivity contribution in [3.05, 3.63) is 58.1 Å². The summed E-state index contributed by atoms with van der Waals surface area (Å²) in [6, 6.07) is 9.34. The second kappa shape index (κ2) is 8.10. The molecule has 144 valence electrons. The molecule has 0 fully saturated rings. The van der Waals surface area contributed by atoms with Gasteiger partial charge < -0.3 is 10.1 Å². The van der Waals surface area contributed by atoms with Crippen LogP contribution in [0.15, 0.2) is 41.3 Å². The number of nitrogens with one attached hydrogen (secondary N) is 1. The molecule has 0 aliphatic rings. The van der Waals surface area contributed by atoms with Gasteiger partial charge >= 0.3 is 5.97 Å². The highest BCUT2D eigenvalue weighted by molar-refractivity contribution is 7.90. The lowest BCUT2D eigenvalue weighted by atomic mass is 10.1. The number of amides is 1. The van der Waals surface area contributed by atoms with E-state index in [1.165, 1.54) is 19.1 Å². The molecule has 0 saturated carbocycles. The first-order chi connectivity index (χ1) is 12.5. The largest absolute Gasteiger partial charge is 0.449 e. The van der Waals surface area contributed by atoms with Gasteiger partial charge in [0.2, 0.25) is 0 Å². The zero-order valence-electron chi connectivity index (χ0n) is 15.4. The standard InChI is InChI=1S/C19H20ClNO5S/c1-11-5-6-12(2)17(9-11)21-18(22)13(3)26-19(23)15-10-14(27(4,24)25)7-8-16(15)20/h5-10,13H,1-4H3,(H,21,22)/t13-/m1/s1. The van der Waals surface area contributed by atoms with Crippen LogP contribution in [0.1, 0.15) is 28.4 Å². The Hall–Kier alpha value is -2.38. The number of carbonyl (C=O) groups is 2. The average Bonchev–Trinajstić information content (AvgIpc) is 2.57. The number of aryl methyl sites for hydroxylation is 2. The number of anilines is 1. The highest BCUT2D eigenvalue weighted by atomic mass is 35.5. The zero-order valence-corrected chi connectivity index (χ0v) is 16.9. The number of ether oxygens (including phenoxy) is 1. The van der Waals surface area contributed by atoms with Crippen LogP contribution in [0, 0.1) is 13.8 Å². The smallest absolute Gasteiger partial charge is 0.340 e. The molecular formula is C19H20ClNO5S. The predicted molar refractivity (Wildman–Crippen MR) is 104 cm³/mol. The third-order valence-corrected chi connectivity index (χ3v) is 5.33. The summed E-state index contributed by atoms with van der Waals surface area (Å²) in [6.07, 6.45) is -0.0821. The molecule has 0 aliphatic heterocycles. The van der Waals surface area contributed by atoms with Gasteiger partial charge in [0.1, 0.15) is 0 Å². The fourth-order valence-electron chi connectivity index (χ4n) is 2.27. The van der Waals surface area contributed by atoms with E-state index < -0.39 is 27.8 Å². The van der Waals surface area contributed by atoms with E-state index in [1.54, 1.807) is 0 Å². The van der Waals surface area contributed by atoms with Crippen LogP contribution in [-0.2, 0) is 19.4 Å². The van der Waals surface area contributed by atoms with Crippen LogP contribution in [0.2, 0.25) is 5.02 Å². The van der Waals surface area contributed by atoms with Crippen molar-refractivity contribution in [1.82, 2.24) is 0 Å². The Balaban J connectivity index is 2.15. The van der Waals surface area contributed by atoms with Gasteiger partial charge in [-0.2, -0.15) is 0 Å². The molecule has 2 aromatic carbocycles. The van der Waals surface area contributed by atoms with Crippen molar-refractivity contribution in [3.8, 4) is 0 Å². The monoisotopic (exact) mass is 409 g/mol. The highest BCUT2D eigenvalue weighted by Crippen LogP contribution is 2.22. The zero-order chi connectivity index (χ0) is 20.4. The van der Waals surface area contributed by atoms with E-state index in [0.29, 0.717) is 5.69 Å². The highest BCUT2D eigenvalue weighted by Gasteiger charge is 2.22. The molecule has 6 nitrogen and oxygen atoms in total. The Morgan fingerprint density at radius 2 is 1.78 bits per heavy atom. The summed E-state index contributed by atoms with van der Waals surface area (Å²) in [4.78, 5) is 24.6. The van der Waals surface area contributed by atoms with Gasteiger partial charge in [-0.15, -0.1) is 0 Å². The molecule has 0 unspecified atom stereocenters. The summed E-state index contributed by atoms with van der Waals surface area (Å²) >= 11 is 5.98. The molecule has 27 heavy (non-hydrogen) atoms. The van der Waals surface area contributed by atoms with Crippen LogP contribution in [0.3, 0.4) is 0 Å². The minimum atomic E-state index is -3.52. The molecule has 8 heteroatoms. The quantitative estimate of drug-likeness (QED) is 0.763. The maximum Gasteiger partial charge on any atom is 0.340 e. The van der Waals surface area contributed by atoms with Crippen molar-refractivity contribution < 1.29 is 22.7 Å². The Labute approximate surface area is 163 Å². The summed E-state index contributed by atoms with van der Waals surface area (Å²) < 4.78 is 28.5. The predicted octanol–water partition coefficient (Wildman–Crippen LogP) is 3.54. The van der Waals surface area contributed by atoms with E-state index in [9.17, 15) is 18.0 Å². The SMILES string of the molecule is Cc1ccc(C)c(NC(=O)[C@@H](C)OC(=O)c2cc(S(C)(=O)=O)ccc2Cl)c1. The third kappa shape index (κ3) is 5.30. The minimum absolute atomic E-state index is 0.0366. The normalized spacial score (nSPS) is 12.3. The first-order valence-corrected chi connectivity index (χ1v) is 10.3. The molecule has 1 amide bonds. The van der Waals surface area contributed by atoms with Gasteiger partial charge in [0.15, 0.2) is 15.9 Å². The molecular weight excluding hydrogens is 390 g/mol. The number of rotatable bonds is 5. The van der Waals surface area contributed by atoms with Gasteiger partial charge in [-0.25, -0.2) is 13.2 Å². The maximum absolute atomic E-state index is 12.4. The second-order valence-corrected chi connectivity index (χ2v) is 8.69. The summed E-state index contributed by atoms with van der Waals surface area (Å²) in [5, 5.41) is 2.75. The van der Waals surface area contributed by atoms with Crippen molar-refractivity contribution in [1.29, 1.82) is 0 Å². The van der Waals surface area contributed by atoms with E-state index in [0.717, 1.165) is 23.4 Å². The molecule has 0 bridgehead atoms. The number of hydrogen-bond donors (Lipinski definition) is 1. The van der Waals surface area contributed by atoms with Gasteiger partial charge in [0, 0.05) is 11.9 Å². The summed E-state index contributed by atoms with van der Waals surface area (Å²) in [5.41, 5.74) is 2.35. The first kappa shape index (κ1) is 20.9. The molecule has 0 aromatic heterocycles. The van der Waals surface area contributed by atoms with Crippen LogP contribution in [0.4, 0.5) is 5.69 Å². The van der Waals surface area contributed by atoms with E-state index in [4.69, 9.17) is 16.3 Å². The molecule has 1 atom stereocenters. The van der Waals surface area contributed by atoms with Crippen LogP contribution in [0.5, 0.6) is 0 Å². The number of benzene rings is 2. The van der Waals surface area contributed by atoms with E-state index >= 15 is 0 Å². The lowest BCUT2D eigenvalue weighted by Gasteiger charge is -2.16. The molecule has 0 saturated heterocycles. The number of esters is 1. The molecule has 0 spiro atoms. The van der Waals surface area contributed by atoms with Crippen LogP contribution >= 0.6 is 11.6 Å². The lowest BCUT2D eigenvalue weighted by molar-refractivity contribution is -0.123. The fourth-order valence-corrected chi connectivity index (χ4v) is 3.12. The third-order valence-electron chi connectivity index (χ3n) is 3.89. The number of hydrogen-bond acceptors (Lipinski definition) is 5. The summed E-state index contributed by atoms with van der Waals surface area (Å²) in [5.74, 6) is -1.39. The van der Waals surface area contributed by atoms with Crippen molar-refractivity contribution in [3.63, 3.8) is 0 Å². The van der Waals surface area contributed by atoms with Gasteiger partial charge in [-0.3, -0.25) is 4.79 Å². The Kier molecular flexibility index (Phi) is 6.28. The molecule has 0 heterocycles. The summed E-state index contributed by atoms with van der Waals surface area (Å²) in [6.45, 7) is 5.17. The Morgan fingerprint density at radius 3 is 2.41 bits per heavy atom. The molecule has 1 N–H and O–H groups in total. The Bertz CT molecular complexity index is 1000. The minimum Gasteiger partial charge on any atom is -0.449 e. The van der Waals surface area contributed by atoms with Crippen LogP contribution < -0.4 is 5.32 Å². The lowest BCUT2D eigenvalue weighted by Crippen LogP contribution is -2.30. The van der Waals surface area contributed by atoms with Gasteiger partial charge in [-0.1, -0.05) is 23.7 Å². The van der Waals surface area contributed by atoms with Crippen molar-refractivity contribution >= 4 is 39.0 Å². The molecule has 2 rings (SSSR count). The second-order valence-electron chi connectivity index (χ2n) is 6.27. The van der Waals surface area contributed by atoms with Crippen LogP contribution in [0.25, 0.3) is 0 Å². The van der Waals surface area contributed by atoms with Gasteiger partial charge in [0.25, 0.3) is 5.91 Å². The molecule has 0 radical (unpaired) electrons. The van der Waals surface area contributed by atoms with E-state index in [2.05, 4.69) is 5.32 Å². The topological polar surface area (TPSA) is 89.5 Å². The van der Waals surface area contributed by atoms with E-state index in [1.807, 2.05) is 32.0 Å². The number of sulfone groups is 1.